The van der Waals surface area contributed by atoms with Gasteiger partial charge in [0.25, 0.3) is 0 Å². The van der Waals surface area contributed by atoms with Gasteiger partial charge in [-0.2, -0.15) is 0 Å². The molecule has 2 aliphatic rings. The Hall–Kier alpha value is -2.81. The SMILES string of the molecule is CCC1c2c(cc(C)c(C)c2C)N(C)C12C=Nc1c(ccc3ccccc13)O2. The van der Waals surface area contributed by atoms with Crippen LogP contribution in [0, 0.1) is 20.8 Å². The predicted molar refractivity (Wildman–Crippen MR) is 118 cm³/mol. The van der Waals surface area contributed by atoms with Crippen LogP contribution in [0.15, 0.2) is 47.5 Å². The van der Waals surface area contributed by atoms with Crippen molar-refractivity contribution < 1.29 is 4.74 Å². The highest BCUT2D eigenvalue weighted by atomic mass is 16.5. The summed E-state index contributed by atoms with van der Waals surface area (Å²) in [6.07, 6.45) is 3.04. The molecule has 2 atom stereocenters. The molecule has 0 fully saturated rings. The van der Waals surface area contributed by atoms with Crippen LogP contribution < -0.4 is 9.64 Å². The van der Waals surface area contributed by atoms with Gasteiger partial charge in [0.1, 0.15) is 11.4 Å². The predicted octanol–water partition coefficient (Wildman–Crippen LogP) is 6.20. The van der Waals surface area contributed by atoms with E-state index in [1.807, 2.05) is 6.21 Å². The third-order valence-corrected chi connectivity index (χ3v) is 6.84. The topological polar surface area (TPSA) is 24.8 Å². The van der Waals surface area contributed by atoms with Crippen LogP contribution in [0.2, 0.25) is 0 Å². The highest BCUT2D eigenvalue weighted by Gasteiger charge is 2.53. The van der Waals surface area contributed by atoms with Gasteiger partial charge in [0.05, 0.1) is 12.1 Å². The first-order valence-electron chi connectivity index (χ1n) is 10.1. The van der Waals surface area contributed by atoms with Gasteiger partial charge in [0.2, 0.25) is 5.72 Å². The van der Waals surface area contributed by atoms with E-state index < -0.39 is 5.72 Å². The van der Waals surface area contributed by atoms with E-state index in [1.165, 1.54) is 33.3 Å². The molecule has 2 unspecified atom stereocenters. The number of hydrogen-bond donors (Lipinski definition) is 0. The first kappa shape index (κ1) is 17.3. The number of ether oxygens (including phenoxy) is 1. The first-order valence-corrected chi connectivity index (χ1v) is 10.1. The Labute approximate surface area is 166 Å². The molecule has 0 aromatic heterocycles. The number of hydrogen-bond acceptors (Lipinski definition) is 3. The fourth-order valence-electron chi connectivity index (χ4n) is 5.05. The number of likely N-dealkylation sites (N-methyl/N-ethyl adjacent to an activating group) is 1. The van der Waals surface area contributed by atoms with E-state index in [2.05, 4.69) is 82.1 Å². The van der Waals surface area contributed by atoms with E-state index in [9.17, 15) is 0 Å². The molecule has 3 aromatic rings. The van der Waals surface area contributed by atoms with Crippen LogP contribution in [0.3, 0.4) is 0 Å². The van der Waals surface area contributed by atoms with Gasteiger partial charge in [-0.15, -0.1) is 0 Å². The van der Waals surface area contributed by atoms with Crippen molar-refractivity contribution in [3.63, 3.8) is 0 Å². The molecule has 142 valence electrons. The second-order valence-electron chi connectivity index (χ2n) is 8.14. The summed E-state index contributed by atoms with van der Waals surface area (Å²) in [5.41, 5.74) is 7.12. The van der Waals surface area contributed by atoms with Gasteiger partial charge < -0.3 is 9.64 Å². The number of rotatable bonds is 1. The Morgan fingerprint density at radius 3 is 2.64 bits per heavy atom. The van der Waals surface area contributed by atoms with Crippen LogP contribution >= 0.6 is 0 Å². The molecule has 1 spiro atoms. The molecule has 3 heteroatoms. The molecule has 2 heterocycles. The molecule has 0 bridgehead atoms. The Morgan fingerprint density at radius 2 is 1.86 bits per heavy atom. The quantitative estimate of drug-likeness (QED) is 0.509. The number of benzene rings is 3. The summed E-state index contributed by atoms with van der Waals surface area (Å²) in [4.78, 5) is 7.26. The zero-order chi connectivity index (χ0) is 19.6. The summed E-state index contributed by atoms with van der Waals surface area (Å²) in [6, 6.07) is 14.9. The lowest BCUT2D eigenvalue weighted by Gasteiger charge is -2.41. The van der Waals surface area contributed by atoms with E-state index >= 15 is 0 Å². The molecule has 0 radical (unpaired) electrons. The van der Waals surface area contributed by atoms with E-state index in [0.717, 1.165) is 23.2 Å². The number of aliphatic imine (C=N–C) groups is 1. The minimum absolute atomic E-state index is 0.246. The van der Waals surface area contributed by atoms with E-state index in [0.29, 0.717) is 0 Å². The third kappa shape index (κ3) is 2.07. The smallest absolute Gasteiger partial charge is 0.226 e. The summed E-state index contributed by atoms with van der Waals surface area (Å²) < 4.78 is 6.80. The van der Waals surface area contributed by atoms with Crippen molar-refractivity contribution in [1.82, 2.24) is 0 Å². The summed E-state index contributed by atoms with van der Waals surface area (Å²) >= 11 is 0. The summed E-state index contributed by atoms with van der Waals surface area (Å²) in [5.74, 6) is 1.11. The van der Waals surface area contributed by atoms with Gasteiger partial charge in [-0.1, -0.05) is 37.3 Å². The molecule has 0 saturated heterocycles. The number of nitrogens with zero attached hydrogens (tertiary/aromatic N) is 2. The van der Waals surface area contributed by atoms with Crippen molar-refractivity contribution in [2.45, 2.75) is 45.8 Å². The molecule has 2 aliphatic heterocycles. The maximum atomic E-state index is 6.80. The zero-order valence-corrected chi connectivity index (χ0v) is 17.2. The van der Waals surface area contributed by atoms with Crippen molar-refractivity contribution in [3.05, 3.63) is 64.7 Å². The van der Waals surface area contributed by atoms with Gasteiger partial charge in [0, 0.05) is 18.1 Å². The van der Waals surface area contributed by atoms with Crippen molar-refractivity contribution in [2.24, 2.45) is 4.99 Å². The van der Waals surface area contributed by atoms with Gasteiger partial charge in [0.15, 0.2) is 0 Å². The molecule has 3 nitrogen and oxygen atoms in total. The average molecular weight is 370 g/mol. The second-order valence-corrected chi connectivity index (χ2v) is 8.14. The van der Waals surface area contributed by atoms with E-state index in [1.54, 1.807) is 0 Å². The van der Waals surface area contributed by atoms with Gasteiger partial charge in [-0.3, -0.25) is 4.99 Å². The maximum Gasteiger partial charge on any atom is 0.226 e. The normalized spacial score (nSPS) is 22.5. The lowest BCUT2D eigenvalue weighted by atomic mass is 9.84. The van der Waals surface area contributed by atoms with Crippen LogP contribution in [0.25, 0.3) is 10.8 Å². The molecule has 5 rings (SSSR count). The third-order valence-electron chi connectivity index (χ3n) is 6.84. The number of fused-ring (bicyclic) bond motifs is 4. The fraction of sp³-hybridized carbons (Fsp3) is 0.320. The van der Waals surface area contributed by atoms with Gasteiger partial charge in [-0.05, 0) is 67.0 Å². The molecular weight excluding hydrogens is 344 g/mol. The van der Waals surface area contributed by atoms with Crippen molar-refractivity contribution in [2.75, 3.05) is 11.9 Å². The minimum atomic E-state index is -0.572. The van der Waals surface area contributed by atoms with Crippen molar-refractivity contribution >= 4 is 28.4 Å². The Morgan fingerprint density at radius 1 is 1.07 bits per heavy atom. The molecular formula is C25H26N2O. The minimum Gasteiger partial charge on any atom is -0.460 e. The largest absolute Gasteiger partial charge is 0.460 e. The highest BCUT2D eigenvalue weighted by Crippen LogP contribution is 2.54. The molecule has 0 aliphatic carbocycles. The summed E-state index contributed by atoms with van der Waals surface area (Å²) in [7, 11) is 2.14. The second kappa shape index (κ2) is 5.84. The van der Waals surface area contributed by atoms with E-state index in [4.69, 9.17) is 9.73 Å². The molecule has 28 heavy (non-hydrogen) atoms. The lowest BCUT2D eigenvalue weighted by Crippen LogP contribution is -2.54. The number of aryl methyl sites for hydroxylation is 1. The van der Waals surface area contributed by atoms with E-state index in [-0.39, 0.29) is 5.92 Å². The maximum absolute atomic E-state index is 6.80. The zero-order valence-electron chi connectivity index (χ0n) is 17.2. The van der Waals surface area contributed by atoms with Crippen LogP contribution in [-0.2, 0) is 0 Å². The monoisotopic (exact) mass is 370 g/mol. The van der Waals surface area contributed by atoms with Gasteiger partial charge in [-0.25, -0.2) is 0 Å². The average Bonchev–Trinajstić information content (AvgIpc) is 2.93. The molecule has 0 N–H and O–H groups in total. The Kier molecular flexibility index (Phi) is 3.61. The standard InChI is InChI=1S/C25H26N2O/c1-6-20-23-17(4)16(3)15(2)13-21(23)27(5)25(20)14-26-24-19-10-8-7-9-18(19)11-12-22(24)28-25/h7-14,20H,6H2,1-5H3. The first-order chi connectivity index (χ1) is 13.5. The lowest BCUT2D eigenvalue weighted by molar-refractivity contribution is 0.121. The van der Waals surface area contributed by atoms with Crippen molar-refractivity contribution in [3.8, 4) is 5.75 Å². The van der Waals surface area contributed by atoms with Crippen LogP contribution in [-0.4, -0.2) is 19.0 Å². The van der Waals surface area contributed by atoms with Crippen molar-refractivity contribution in [1.29, 1.82) is 0 Å². The summed E-state index contributed by atoms with van der Waals surface area (Å²) in [6.45, 7) is 8.91. The Bertz CT molecular complexity index is 1150. The van der Waals surface area contributed by atoms with Crippen LogP contribution in [0.4, 0.5) is 11.4 Å². The Balaban J connectivity index is 1.71. The van der Waals surface area contributed by atoms with Gasteiger partial charge >= 0.3 is 0 Å². The van der Waals surface area contributed by atoms with Crippen LogP contribution in [0.1, 0.15) is 41.5 Å². The summed E-state index contributed by atoms with van der Waals surface area (Å²) in [5, 5.41) is 2.33. The molecule has 0 amide bonds. The molecule has 3 aromatic carbocycles. The fourth-order valence-corrected chi connectivity index (χ4v) is 5.05. The molecule has 0 saturated carbocycles. The highest BCUT2D eigenvalue weighted by molar-refractivity contribution is 5.99. The van der Waals surface area contributed by atoms with Crippen LogP contribution in [0.5, 0.6) is 5.75 Å². The number of anilines is 1.